The van der Waals surface area contributed by atoms with Crippen LogP contribution in [0.1, 0.15) is 23.6 Å². The molecule has 2 nitrogen and oxygen atoms in total. The maximum absolute atomic E-state index is 5.97. The third-order valence-electron chi connectivity index (χ3n) is 2.63. The predicted octanol–water partition coefficient (Wildman–Crippen LogP) is 2.20. The molecule has 1 aromatic rings. The zero-order valence-corrected chi connectivity index (χ0v) is 8.20. The Hall–Kier alpha value is -1.28. The van der Waals surface area contributed by atoms with Gasteiger partial charge in [0, 0.05) is 6.04 Å². The fourth-order valence-electron chi connectivity index (χ4n) is 1.94. The Morgan fingerprint density at radius 3 is 3.21 bits per heavy atom. The summed E-state index contributed by atoms with van der Waals surface area (Å²) in [6, 6.07) is 6.29. The molecule has 1 aliphatic carbocycles. The molecule has 0 radical (unpaired) electrons. The van der Waals surface area contributed by atoms with Crippen LogP contribution < -0.4 is 10.5 Å². The fraction of sp³-hybridized carbons (Fsp3) is 0.333. The standard InChI is InChI=1S/C12H15NO/c1-2-8-14-12-5-3-4-9-10(12)6-7-11(9)13/h2-5,11H,1,6-8,13H2. The molecule has 0 saturated heterocycles. The summed E-state index contributed by atoms with van der Waals surface area (Å²) in [7, 11) is 0. The quantitative estimate of drug-likeness (QED) is 0.740. The van der Waals surface area contributed by atoms with Crippen LogP contribution in [0.3, 0.4) is 0 Å². The van der Waals surface area contributed by atoms with Gasteiger partial charge in [0.2, 0.25) is 0 Å². The van der Waals surface area contributed by atoms with Crippen molar-refractivity contribution in [3.8, 4) is 5.75 Å². The summed E-state index contributed by atoms with van der Waals surface area (Å²) in [5, 5.41) is 0. The molecule has 1 atom stereocenters. The average Bonchev–Trinajstić information content (AvgIpc) is 2.58. The third-order valence-corrected chi connectivity index (χ3v) is 2.63. The van der Waals surface area contributed by atoms with E-state index in [1.165, 1.54) is 11.1 Å². The zero-order valence-electron chi connectivity index (χ0n) is 8.20. The van der Waals surface area contributed by atoms with Gasteiger partial charge in [-0.1, -0.05) is 24.8 Å². The van der Waals surface area contributed by atoms with Gasteiger partial charge < -0.3 is 10.5 Å². The lowest BCUT2D eigenvalue weighted by atomic mass is 10.1. The van der Waals surface area contributed by atoms with E-state index in [9.17, 15) is 0 Å². The van der Waals surface area contributed by atoms with Crippen molar-refractivity contribution < 1.29 is 4.74 Å². The molecule has 0 spiro atoms. The average molecular weight is 189 g/mol. The van der Waals surface area contributed by atoms with Crippen LogP contribution >= 0.6 is 0 Å². The highest BCUT2D eigenvalue weighted by Crippen LogP contribution is 2.35. The van der Waals surface area contributed by atoms with Gasteiger partial charge in [-0.05, 0) is 30.0 Å². The van der Waals surface area contributed by atoms with E-state index >= 15 is 0 Å². The molecular weight excluding hydrogens is 174 g/mol. The molecule has 0 bridgehead atoms. The second-order valence-corrected chi connectivity index (χ2v) is 3.57. The Kier molecular flexibility index (Phi) is 2.55. The number of benzene rings is 1. The molecule has 0 aromatic heterocycles. The number of fused-ring (bicyclic) bond motifs is 1. The molecule has 2 N–H and O–H groups in total. The van der Waals surface area contributed by atoms with Crippen molar-refractivity contribution >= 4 is 0 Å². The van der Waals surface area contributed by atoms with Crippen LogP contribution in [-0.2, 0) is 6.42 Å². The van der Waals surface area contributed by atoms with Crippen LogP contribution in [0.25, 0.3) is 0 Å². The number of nitrogens with two attached hydrogens (primary N) is 1. The van der Waals surface area contributed by atoms with Crippen LogP contribution in [0.15, 0.2) is 30.9 Å². The van der Waals surface area contributed by atoms with Crippen LogP contribution in [-0.4, -0.2) is 6.61 Å². The second-order valence-electron chi connectivity index (χ2n) is 3.57. The molecular formula is C12H15NO. The van der Waals surface area contributed by atoms with Crippen LogP contribution in [0.5, 0.6) is 5.75 Å². The van der Waals surface area contributed by atoms with E-state index in [0.717, 1.165) is 18.6 Å². The number of hydrogen-bond donors (Lipinski definition) is 1. The highest BCUT2D eigenvalue weighted by molar-refractivity contribution is 5.44. The summed E-state index contributed by atoms with van der Waals surface area (Å²) in [6.07, 6.45) is 3.82. The molecule has 14 heavy (non-hydrogen) atoms. The van der Waals surface area contributed by atoms with Crippen molar-refractivity contribution in [2.45, 2.75) is 18.9 Å². The van der Waals surface area contributed by atoms with Gasteiger partial charge in [-0.15, -0.1) is 0 Å². The Morgan fingerprint density at radius 1 is 1.57 bits per heavy atom. The molecule has 1 unspecified atom stereocenters. The van der Waals surface area contributed by atoms with E-state index in [2.05, 4.69) is 12.6 Å². The Balaban J connectivity index is 2.29. The molecule has 2 rings (SSSR count). The maximum atomic E-state index is 5.97. The largest absolute Gasteiger partial charge is 0.489 e. The van der Waals surface area contributed by atoms with E-state index in [1.54, 1.807) is 6.08 Å². The van der Waals surface area contributed by atoms with E-state index in [1.807, 2.05) is 12.1 Å². The first-order valence-corrected chi connectivity index (χ1v) is 4.94. The van der Waals surface area contributed by atoms with Gasteiger partial charge in [0.1, 0.15) is 12.4 Å². The van der Waals surface area contributed by atoms with Gasteiger partial charge in [-0.25, -0.2) is 0 Å². The summed E-state index contributed by atoms with van der Waals surface area (Å²) >= 11 is 0. The molecule has 2 heteroatoms. The molecule has 1 aromatic carbocycles. The summed E-state index contributed by atoms with van der Waals surface area (Å²) in [6.45, 7) is 4.20. The normalized spacial score (nSPS) is 19.1. The van der Waals surface area contributed by atoms with E-state index in [0.29, 0.717) is 6.61 Å². The van der Waals surface area contributed by atoms with Crippen molar-refractivity contribution in [3.05, 3.63) is 42.0 Å². The minimum atomic E-state index is 0.192. The molecule has 0 fully saturated rings. The van der Waals surface area contributed by atoms with Crippen LogP contribution in [0, 0.1) is 0 Å². The number of rotatable bonds is 3. The SMILES string of the molecule is C=CCOc1cccc2c1CCC2N. The van der Waals surface area contributed by atoms with Crippen LogP contribution in [0.2, 0.25) is 0 Å². The van der Waals surface area contributed by atoms with Gasteiger partial charge in [0.15, 0.2) is 0 Å². The third kappa shape index (κ3) is 1.53. The van der Waals surface area contributed by atoms with E-state index < -0.39 is 0 Å². The van der Waals surface area contributed by atoms with E-state index in [4.69, 9.17) is 10.5 Å². The molecule has 0 aliphatic heterocycles. The highest BCUT2D eigenvalue weighted by atomic mass is 16.5. The lowest BCUT2D eigenvalue weighted by Gasteiger charge is -2.09. The Bertz CT molecular complexity index is 346. The topological polar surface area (TPSA) is 35.2 Å². The molecule has 0 saturated carbocycles. The number of ether oxygens (including phenoxy) is 1. The predicted molar refractivity (Wildman–Crippen MR) is 57.4 cm³/mol. The lowest BCUT2D eigenvalue weighted by molar-refractivity contribution is 0.359. The summed E-state index contributed by atoms with van der Waals surface area (Å²) in [5.74, 6) is 0.968. The molecule has 1 aliphatic rings. The zero-order chi connectivity index (χ0) is 9.97. The van der Waals surface area contributed by atoms with E-state index in [-0.39, 0.29) is 6.04 Å². The first-order valence-electron chi connectivity index (χ1n) is 4.94. The molecule has 0 heterocycles. The van der Waals surface area contributed by atoms with Gasteiger partial charge in [0.25, 0.3) is 0 Å². The Morgan fingerprint density at radius 2 is 2.43 bits per heavy atom. The highest BCUT2D eigenvalue weighted by Gasteiger charge is 2.21. The fourth-order valence-corrected chi connectivity index (χ4v) is 1.94. The van der Waals surface area contributed by atoms with Crippen molar-refractivity contribution in [1.82, 2.24) is 0 Å². The summed E-state index contributed by atoms with van der Waals surface area (Å²) < 4.78 is 5.57. The smallest absolute Gasteiger partial charge is 0.123 e. The molecule has 74 valence electrons. The van der Waals surface area contributed by atoms with Crippen molar-refractivity contribution in [2.75, 3.05) is 6.61 Å². The minimum absolute atomic E-state index is 0.192. The number of hydrogen-bond acceptors (Lipinski definition) is 2. The first-order chi connectivity index (χ1) is 6.83. The monoisotopic (exact) mass is 189 g/mol. The Labute approximate surface area is 84.4 Å². The summed E-state index contributed by atoms with van der Waals surface area (Å²) in [5.41, 5.74) is 8.49. The van der Waals surface area contributed by atoms with Crippen LogP contribution in [0.4, 0.5) is 0 Å². The van der Waals surface area contributed by atoms with Gasteiger partial charge in [-0.2, -0.15) is 0 Å². The molecule has 0 amide bonds. The first kappa shape index (κ1) is 9.28. The summed E-state index contributed by atoms with van der Waals surface area (Å²) in [4.78, 5) is 0. The maximum Gasteiger partial charge on any atom is 0.123 e. The minimum Gasteiger partial charge on any atom is -0.489 e. The van der Waals surface area contributed by atoms with Gasteiger partial charge in [-0.3, -0.25) is 0 Å². The van der Waals surface area contributed by atoms with Crippen molar-refractivity contribution in [3.63, 3.8) is 0 Å². The van der Waals surface area contributed by atoms with Gasteiger partial charge in [0.05, 0.1) is 0 Å². The lowest BCUT2D eigenvalue weighted by Crippen LogP contribution is -2.05. The van der Waals surface area contributed by atoms with Crippen molar-refractivity contribution in [2.24, 2.45) is 5.73 Å². The second kappa shape index (κ2) is 3.84. The van der Waals surface area contributed by atoms with Crippen molar-refractivity contribution in [1.29, 1.82) is 0 Å². The van der Waals surface area contributed by atoms with Gasteiger partial charge >= 0.3 is 0 Å².